The Bertz CT molecular complexity index is 603. The monoisotopic (exact) mass is 319 g/mol. The quantitative estimate of drug-likeness (QED) is 0.771. The van der Waals surface area contributed by atoms with Gasteiger partial charge in [-0.2, -0.15) is 0 Å². The number of aromatic nitrogens is 2. The Kier molecular flexibility index (Phi) is 3.46. The van der Waals surface area contributed by atoms with Gasteiger partial charge in [0.15, 0.2) is 0 Å². The molecule has 0 bridgehead atoms. The summed E-state index contributed by atoms with van der Waals surface area (Å²) in [7, 11) is 0. The van der Waals surface area contributed by atoms with E-state index in [4.69, 9.17) is 4.98 Å². The largest absolute Gasteiger partial charge is 0.344 e. The van der Waals surface area contributed by atoms with Crippen molar-refractivity contribution >= 4 is 15.9 Å². The van der Waals surface area contributed by atoms with Crippen LogP contribution in [-0.4, -0.2) is 16.0 Å². The molecule has 2 aromatic rings. The Hall–Kier alpha value is -1.13. The van der Waals surface area contributed by atoms with Gasteiger partial charge in [-0.1, -0.05) is 35.0 Å². The summed E-state index contributed by atoms with van der Waals surface area (Å²) in [6, 6.07) is 6.85. The fraction of sp³-hybridized carbons (Fsp3) is 0.400. The third kappa shape index (κ3) is 2.35. The van der Waals surface area contributed by atoms with Crippen LogP contribution in [0.3, 0.4) is 0 Å². The topological polar surface area (TPSA) is 40.7 Å². The molecule has 4 heteroatoms. The van der Waals surface area contributed by atoms with E-state index < -0.39 is 0 Å². The van der Waals surface area contributed by atoms with Crippen molar-refractivity contribution in [2.75, 3.05) is 0 Å². The molecule has 19 heavy (non-hydrogen) atoms. The number of hydrogen-bond donors (Lipinski definition) is 2. The zero-order chi connectivity index (χ0) is 13.4. The molecule has 0 saturated heterocycles. The number of rotatable bonds is 4. The standard InChI is InChI=1S/C15H18BrN3/c1-3-9(2)17-8-14-18-13-7-11-10(15(13)19-14)5-4-6-12(11)16/h4-6,9,17H,3,7-8H2,1-2H3,(H,18,19). The minimum Gasteiger partial charge on any atom is -0.344 e. The van der Waals surface area contributed by atoms with E-state index in [9.17, 15) is 0 Å². The summed E-state index contributed by atoms with van der Waals surface area (Å²) in [6.45, 7) is 5.20. The van der Waals surface area contributed by atoms with Crippen LogP contribution in [0, 0.1) is 0 Å². The Morgan fingerprint density at radius 2 is 2.32 bits per heavy atom. The number of nitrogens with one attached hydrogen (secondary N) is 2. The van der Waals surface area contributed by atoms with Gasteiger partial charge < -0.3 is 10.3 Å². The van der Waals surface area contributed by atoms with Gasteiger partial charge in [0.25, 0.3) is 0 Å². The molecule has 1 aliphatic carbocycles. The van der Waals surface area contributed by atoms with Crippen LogP contribution in [0.4, 0.5) is 0 Å². The second kappa shape index (κ2) is 5.10. The highest BCUT2D eigenvalue weighted by Crippen LogP contribution is 2.38. The third-order valence-corrected chi connectivity index (χ3v) is 4.53. The maximum Gasteiger partial charge on any atom is 0.121 e. The van der Waals surface area contributed by atoms with Crippen LogP contribution < -0.4 is 5.32 Å². The first-order chi connectivity index (χ1) is 9.19. The van der Waals surface area contributed by atoms with Gasteiger partial charge in [-0.15, -0.1) is 0 Å². The lowest BCUT2D eigenvalue weighted by molar-refractivity contribution is 0.524. The summed E-state index contributed by atoms with van der Waals surface area (Å²) in [4.78, 5) is 8.19. The summed E-state index contributed by atoms with van der Waals surface area (Å²) >= 11 is 3.61. The molecule has 0 radical (unpaired) electrons. The van der Waals surface area contributed by atoms with Crippen molar-refractivity contribution in [1.29, 1.82) is 0 Å². The first-order valence-electron chi connectivity index (χ1n) is 6.78. The lowest BCUT2D eigenvalue weighted by Crippen LogP contribution is -2.25. The van der Waals surface area contributed by atoms with Crippen molar-refractivity contribution in [1.82, 2.24) is 15.3 Å². The van der Waals surface area contributed by atoms with Crippen LogP contribution in [0.5, 0.6) is 0 Å². The molecule has 100 valence electrons. The smallest absolute Gasteiger partial charge is 0.121 e. The summed E-state index contributed by atoms with van der Waals surface area (Å²) in [5, 5.41) is 3.47. The molecule has 1 heterocycles. The second-order valence-corrected chi connectivity index (χ2v) is 6.00. The van der Waals surface area contributed by atoms with Crippen LogP contribution >= 0.6 is 15.9 Å². The van der Waals surface area contributed by atoms with E-state index in [-0.39, 0.29) is 0 Å². The molecular formula is C15H18BrN3. The van der Waals surface area contributed by atoms with Gasteiger partial charge in [0.1, 0.15) is 5.82 Å². The fourth-order valence-electron chi connectivity index (χ4n) is 2.45. The molecule has 0 amide bonds. The first kappa shape index (κ1) is 12.9. The van der Waals surface area contributed by atoms with Crippen LogP contribution in [0.1, 0.15) is 37.4 Å². The molecule has 2 N–H and O–H groups in total. The van der Waals surface area contributed by atoms with Gasteiger partial charge in [-0.3, -0.25) is 0 Å². The summed E-state index contributed by atoms with van der Waals surface area (Å²) < 4.78 is 1.18. The van der Waals surface area contributed by atoms with Gasteiger partial charge in [-0.05, 0) is 25.0 Å². The van der Waals surface area contributed by atoms with E-state index in [1.165, 1.54) is 21.3 Å². The highest BCUT2D eigenvalue weighted by atomic mass is 79.9. The maximum absolute atomic E-state index is 4.74. The maximum atomic E-state index is 4.74. The van der Waals surface area contributed by atoms with E-state index in [0.29, 0.717) is 6.04 Å². The number of imidazole rings is 1. The number of nitrogens with zero attached hydrogens (tertiary/aromatic N) is 1. The van der Waals surface area contributed by atoms with Crippen molar-refractivity contribution in [2.24, 2.45) is 0 Å². The SMILES string of the molecule is CCC(C)NCc1nc2c([nH]1)Cc1c(Br)cccc1-2. The molecule has 1 aromatic carbocycles. The lowest BCUT2D eigenvalue weighted by Gasteiger charge is -2.09. The molecule has 1 aliphatic rings. The lowest BCUT2D eigenvalue weighted by atomic mass is 10.1. The predicted octanol–water partition coefficient (Wildman–Crippen LogP) is 3.63. The molecule has 1 aromatic heterocycles. The van der Waals surface area contributed by atoms with Crippen molar-refractivity contribution in [3.63, 3.8) is 0 Å². The molecule has 0 aliphatic heterocycles. The molecule has 0 saturated carbocycles. The normalized spacial score (nSPS) is 14.3. The van der Waals surface area contributed by atoms with E-state index in [1.807, 2.05) is 0 Å². The summed E-state index contributed by atoms with van der Waals surface area (Å²) in [6.07, 6.45) is 2.08. The fourth-order valence-corrected chi connectivity index (χ4v) is 2.96. The van der Waals surface area contributed by atoms with Crippen molar-refractivity contribution < 1.29 is 0 Å². The van der Waals surface area contributed by atoms with Gasteiger partial charge >= 0.3 is 0 Å². The number of fused-ring (bicyclic) bond motifs is 3. The Morgan fingerprint density at radius 3 is 3.11 bits per heavy atom. The molecule has 0 fully saturated rings. The summed E-state index contributed by atoms with van der Waals surface area (Å²) in [5.41, 5.74) is 4.97. The Labute approximate surface area is 122 Å². The molecule has 0 spiro atoms. The minimum absolute atomic E-state index is 0.529. The van der Waals surface area contributed by atoms with E-state index >= 15 is 0 Å². The molecule has 1 unspecified atom stereocenters. The van der Waals surface area contributed by atoms with Gasteiger partial charge in [0.2, 0.25) is 0 Å². The number of aromatic amines is 1. The third-order valence-electron chi connectivity index (χ3n) is 3.79. The second-order valence-electron chi connectivity index (χ2n) is 5.14. The highest BCUT2D eigenvalue weighted by Gasteiger charge is 2.24. The molecule has 3 rings (SSSR count). The van der Waals surface area contributed by atoms with Gasteiger partial charge in [0.05, 0.1) is 12.2 Å². The molecular weight excluding hydrogens is 302 g/mol. The number of halogens is 1. The average Bonchev–Trinajstić information content (AvgIpc) is 2.94. The Balaban J connectivity index is 1.83. The van der Waals surface area contributed by atoms with Gasteiger partial charge in [-0.25, -0.2) is 4.98 Å². The van der Waals surface area contributed by atoms with Gasteiger partial charge in [0, 0.05) is 28.2 Å². The number of hydrogen-bond acceptors (Lipinski definition) is 2. The van der Waals surface area contributed by atoms with E-state index in [0.717, 1.165) is 30.9 Å². The zero-order valence-corrected chi connectivity index (χ0v) is 12.8. The number of H-pyrrole nitrogens is 1. The number of benzene rings is 1. The van der Waals surface area contributed by atoms with Crippen LogP contribution in [0.2, 0.25) is 0 Å². The first-order valence-corrected chi connectivity index (χ1v) is 7.57. The van der Waals surface area contributed by atoms with Crippen molar-refractivity contribution in [3.05, 3.63) is 39.8 Å². The van der Waals surface area contributed by atoms with Crippen LogP contribution in [0.15, 0.2) is 22.7 Å². The summed E-state index contributed by atoms with van der Waals surface area (Å²) in [5.74, 6) is 1.04. The van der Waals surface area contributed by atoms with E-state index in [1.54, 1.807) is 0 Å². The molecule has 1 atom stereocenters. The molecule has 3 nitrogen and oxygen atoms in total. The Morgan fingerprint density at radius 1 is 1.47 bits per heavy atom. The average molecular weight is 320 g/mol. The highest BCUT2D eigenvalue weighted by molar-refractivity contribution is 9.10. The zero-order valence-electron chi connectivity index (χ0n) is 11.3. The van der Waals surface area contributed by atoms with Crippen LogP contribution in [-0.2, 0) is 13.0 Å². The predicted molar refractivity (Wildman–Crippen MR) is 81.1 cm³/mol. The van der Waals surface area contributed by atoms with Crippen molar-refractivity contribution in [3.8, 4) is 11.3 Å². The van der Waals surface area contributed by atoms with Crippen LogP contribution in [0.25, 0.3) is 11.3 Å². The van der Waals surface area contributed by atoms with E-state index in [2.05, 4.69) is 58.3 Å². The van der Waals surface area contributed by atoms with Crippen molar-refractivity contribution in [2.45, 2.75) is 39.3 Å². The minimum atomic E-state index is 0.529.